The predicted octanol–water partition coefficient (Wildman–Crippen LogP) is 1.33. The molecule has 0 spiro atoms. The molecule has 1 aliphatic heterocycles. The molecule has 1 saturated heterocycles. The van der Waals surface area contributed by atoms with Crippen molar-refractivity contribution < 1.29 is 9.53 Å². The van der Waals surface area contributed by atoms with E-state index < -0.39 is 5.60 Å². The van der Waals surface area contributed by atoms with Crippen molar-refractivity contribution >= 4 is 6.09 Å². The van der Waals surface area contributed by atoms with Crippen molar-refractivity contribution in [2.75, 3.05) is 26.2 Å². The molecule has 0 atom stereocenters. The molecular formula is C10H19N2O2-. The van der Waals surface area contributed by atoms with Gasteiger partial charge in [-0.15, -0.1) is 0 Å². The first-order valence-corrected chi connectivity index (χ1v) is 4.92. The average molecular weight is 199 g/mol. The fourth-order valence-corrected chi connectivity index (χ4v) is 1.26. The molecule has 1 fully saturated rings. The van der Waals surface area contributed by atoms with Crippen LogP contribution in [0.25, 0.3) is 0 Å². The first kappa shape index (κ1) is 11.3. The number of nitrogens with zero attached hydrogens (tertiary/aromatic N) is 2. The molecule has 82 valence electrons. The van der Waals surface area contributed by atoms with Crippen LogP contribution in [0.2, 0.25) is 0 Å². The summed E-state index contributed by atoms with van der Waals surface area (Å²) in [6.07, 6.45) is -0.217. The number of carbonyl (C=O) groups is 1. The molecule has 1 rings (SSSR count). The standard InChI is InChI=1S/C10H19N2O2/c1-10(2,3)14-9(13)12-7-5-11(4)6-8-12/h4-8H2,1-3H3/q-1. The van der Waals surface area contributed by atoms with Gasteiger partial charge in [0.15, 0.2) is 0 Å². The minimum absolute atomic E-state index is 0.217. The van der Waals surface area contributed by atoms with Crippen LogP contribution in [0.3, 0.4) is 0 Å². The first-order valence-electron chi connectivity index (χ1n) is 4.92. The average Bonchev–Trinajstić information content (AvgIpc) is 2.02. The predicted molar refractivity (Wildman–Crippen MR) is 54.7 cm³/mol. The molecular weight excluding hydrogens is 180 g/mol. The molecule has 0 aromatic rings. The van der Waals surface area contributed by atoms with Crippen LogP contribution in [-0.4, -0.2) is 47.7 Å². The van der Waals surface area contributed by atoms with Crippen molar-refractivity contribution in [1.82, 2.24) is 9.80 Å². The van der Waals surface area contributed by atoms with E-state index in [0.29, 0.717) is 13.1 Å². The van der Waals surface area contributed by atoms with E-state index in [1.54, 1.807) is 4.90 Å². The highest BCUT2D eigenvalue weighted by atomic mass is 16.6. The van der Waals surface area contributed by atoms with Crippen LogP contribution in [0.1, 0.15) is 20.8 Å². The van der Waals surface area contributed by atoms with Gasteiger partial charge in [0.25, 0.3) is 0 Å². The van der Waals surface area contributed by atoms with E-state index in [4.69, 9.17) is 4.74 Å². The minimum atomic E-state index is -0.404. The van der Waals surface area contributed by atoms with Gasteiger partial charge in [0, 0.05) is 13.1 Å². The Bertz CT molecular complexity index is 203. The quantitative estimate of drug-likeness (QED) is 0.552. The molecule has 0 aromatic heterocycles. The lowest BCUT2D eigenvalue weighted by molar-refractivity contribution is 0.0175. The van der Waals surface area contributed by atoms with E-state index in [2.05, 4.69) is 7.05 Å². The highest BCUT2D eigenvalue weighted by Crippen LogP contribution is 2.11. The number of amides is 1. The van der Waals surface area contributed by atoms with E-state index in [0.717, 1.165) is 13.1 Å². The molecule has 4 heteroatoms. The van der Waals surface area contributed by atoms with Gasteiger partial charge in [0.2, 0.25) is 0 Å². The largest absolute Gasteiger partial charge is 0.456 e. The Hall–Kier alpha value is -0.770. The van der Waals surface area contributed by atoms with E-state index in [1.807, 2.05) is 25.7 Å². The molecule has 0 N–H and O–H groups in total. The van der Waals surface area contributed by atoms with Crippen molar-refractivity contribution in [2.45, 2.75) is 26.4 Å². The number of carbonyl (C=O) groups excluding carboxylic acids is 1. The lowest BCUT2D eigenvalue weighted by Crippen LogP contribution is -2.48. The van der Waals surface area contributed by atoms with E-state index in [1.165, 1.54) is 0 Å². The van der Waals surface area contributed by atoms with Gasteiger partial charge in [-0.25, -0.2) is 4.79 Å². The SMILES string of the molecule is [CH2-]N1CCN(C(=O)OC(C)(C)C)CC1. The van der Waals surface area contributed by atoms with Crippen molar-refractivity contribution in [2.24, 2.45) is 0 Å². The Morgan fingerprint density at radius 2 is 1.71 bits per heavy atom. The Morgan fingerprint density at radius 1 is 1.21 bits per heavy atom. The van der Waals surface area contributed by atoms with Gasteiger partial charge in [-0.1, -0.05) is 0 Å². The van der Waals surface area contributed by atoms with Gasteiger partial charge < -0.3 is 14.5 Å². The van der Waals surface area contributed by atoms with Gasteiger partial charge in [-0.2, -0.15) is 0 Å². The summed E-state index contributed by atoms with van der Waals surface area (Å²) in [4.78, 5) is 15.3. The smallest absolute Gasteiger partial charge is 0.410 e. The topological polar surface area (TPSA) is 32.8 Å². The molecule has 4 nitrogen and oxygen atoms in total. The molecule has 0 bridgehead atoms. The van der Waals surface area contributed by atoms with E-state index in [9.17, 15) is 4.79 Å². The summed E-state index contributed by atoms with van der Waals surface area (Å²) < 4.78 is 5.26. The van der Waals surface area contributed by atoms with Gasteiger partial charge in [0.05, 0.1) is 0 Å². The fraction of sp³-hybridized carbons (Fsp3) is 0.800. The Balaban J connectivity index is 2.38. The number of hydrogen-bond donors (Lipinski definition) is 0. The monoisotopic (exact) mass is 199 g/mol. The fourth-order valence-electron chi connectivity index (χ4n) is 1.26. The van der Waals surface area contributed by atoms with Gasteiger partial charge in [-0.3, -0.25) is 7.05 Å². The Morgan fingerprint density at radius 3 is 2.14 bits per heavy atom. The zero-order valence-corrected chi connectivity index (χ0v) is 9.25. The lowest BCUT2D eigenvalue weighted by atomic mass is 10.2. The normalized spacial score (nSPS) is 19.6. The third-order valence-electron chi connectivity index (χ3n) is 2.02. The lowest BCUT2D eigenvalue weighted by Gasteiger charge is -2.37. The summed E-state index contributed by atoms with van der Waals surface area (Å²) in [5, 5.41) is 0. The Labute approximate surface area is 85.8 Å². The first-order chi connectivity index (χ1) is 6.38. The molecule has 14 heavy (non-hydrogen) atoms. The number of piperazine rings is 1. The molecule has 1 amide bonds. The number of rotatable bonds is 0. The van der Waals surface area contributed by atoms with E-state index >= 15 is 0 Å². The molecule has 0 radical (unpaired) electrons. The van der Waals surface area contributed by atoms with Crippen molar-refractivity contribution in [3.8, 4) is 0 Å². The van der Waals surface area contributed by atoms with Gasteiger partial charge in [0.1, 0.15) is 5.60 Å². The third kappa shape index (κ3) is 3.54. The highest BCUT2D eigenvalue weighted by Gasteiger charge is 2.23. The molecule has 0 aliphatic carbocycles. The van der Waals surface area contributed by atoms with E-state index in [-0.39, 0.29) is 6.09 Å². The summed E-state index contributed by atoms with van der Waals surface area (Å²) in [6.45, 7) is 8.68. The van der Waals surface area contributed by atoms with Crippen LogP contribution < -0.4 is 0 Å². The zero-order valence-electron chi connectivity index (χ0n) is 9.25. The van der Waals surface area contributed by atoms with Crippen LogP contribution >= 0.6 is 0 Å². The van der Waals surface area contributed by atoms with Crippen LogP contribution in [0.15, 0.2) is 0 Å². The number of hydrogen-bond acceptors (Lipinski definition) is 3. The zero-order chi connectivity index (χ0) is 10.8. The maximum absolute atomic E-state index is 11.6. The maximum Gasteiger partial charge on any atom is 0.410 e. The molecule has 1 aliphatic rings. The van der Waals surface area contributed by atoms with Crippen LogP contribution in [0.5, 0.6) is 0 Å². The second kappa shape index (κ2) is 4.17. The third-order valence-corrected chi connectivity index (χ3v) is 2.02. The van der Waals surface area contributed by atoms with Gasteiger partial charge in [-0.05, 0) is 33.9 Å². The van der Waals surface area contributed by atoms with Crippen molar-refractivity contribution in [1.29, 1.82) is 0 Å². The summed E-state index contributed by atoms with van der Waals surface area (Å²) in [6, 6.07) is 0. The molecule has 1 heterocycles. The maximum atomic E-state index is 11.6. The molecule has 0 saturated carbocycles. The Kier molecular flexibility index (Phi) is 3.37. The molecule has 0 unspecified atom stereocenters. The summed E-state index contributed by atoms with van der Waals surface area (Å²) >= 11 is 0. The van der Waals surface area contributed by atoms with Crippen LogP contribution in [0, 0.1) is 7.05 Å². The van der Waals surface area contributed by atoms with Crippen LogP contribution in [0.4, 0.5) is 4.79 Å². The van der Waals surface area contributed by atoms with Gasteiger partial charge >= 0.3 is 6.09 Å². The van der Waals surface area contributed by atoms with Crippen molar-refractivity contribution in [3.63, 3.8) is 0 Å². The molecule has 0 aromatic carbocycles. The second-order valence-corrected chi connectivity index (χ2v) is 4.59. The summed E-state index contributed by atoms with van der Waals surface area (Å²) in [5.41, 5.74) is -0.404. The summed E-state index contributed by atoms with van der Waals surface area (Å²) in [7, 11) is 3.82. The van der Waals surface area contributed by atoms with Crippen molar-refractivity contribution in [3.05, 3.63) is 7.05 Å². The minimum Gasteiger partial charge on any atom is -0.456 e. The second-order valence-electron chi connectivity index (χ2n) is 4.59. The number of ether oxygens (including phenoxy) is 1. The highest BCUT2D eigenvalue weighted by molar-refractivity contribution is 5.68. The summed E-state index contributed by atoms with van der Waals surface area (Å²) in [5.74, 6) is 0. The van der Waals surface area contributed by atoms with Crippen LogP contribution in [-0.2, 0) is 4.74 Å².